The van der Waals surface area contributed by atoms with Gasteiger partial charge in [-0.3, -0.25) is 4.57 Å². The normalized spacial score (nSPS) is 12.0. The highest BCUT2D eigenvalue weighted by atomic mass is 15.1. The van der Waals surface area contributed by atoms with Crippen molar-refractivity contribution in [3.8, 4) is 39.2 Å². The van der Waals surface area contributed by atoms with Gasteiger partial charge in [0.1, 0.15) is 5.82 Å². The van der Waals surface area contributed by atoms with Crippen LogP contribution in [0.5, 0.6) is 0 Å². The summed E-state index contributed by atoms with van der Waals surface area (Å²) in [6, 6.07) is 41.3. The van der Waals surface area contributed by atoms with E-state index in [1.54, 1.807) is 0 Å². The van der Waals surface area contributed by atoms with Crippen molar-refractivity contribution in [1.82, 2.24) is 9.55 Å². The average molecular weight is 445 g/mol. The van der Waals surface area contributed by atoms with E-state index in [0.717, 1.165) is 11.4 Å². The van der Waals surface area contributed by atoms with Gasteiger partial charge in [-0.15, -0.1) is 0 Å². The molecule has 0 N–H and O–H groups in total. The first-order valence-corrected chi connectivity index (χ1v) is 12.0. The van der Waals surface area contributed by atoms with Crippen LogP contribution in [0.3, 0.4) is 0 Å². The van der Waals surface area contributed by atoms with Crippen LogP contribution < -0.4 is 0 Å². The molecule has 35 heavy (non-hydrogen) atoms. The molecule has 0 saturated carbocycles. The van der Waals surface area contributed by atoms with Gasteiger partial charge in [-0.05, 0) is 51.2 Å². The molecule has 2 heterocycles. The molecular formula is C33H20N2. The van der Waals surface area contributed by atoms with Gasteiger partial charge in [-0.2, -0.15) is 0 Å². The summed E-state index contributed by atoms with van der Waals surface area (Å²) in [6.07, 6.45) is 1.99. The molecule has 0 unspecified atom stereocenters. The van der Waals surface area contributed by atoms with Crippen LogP contribution in [0.1, 0.15) is 0 Å². The van der Waals surface area contributed by atoms with E-state index in [1.807, 2.05) is 12.3 Å². The van der Waals surface area contributed by atoms with Crippen LogP contribution in [0, 0.1) is 0 Å². The van der Waals surface area contributed by atoms with E-state index < -0.39 is 0 Å². The number of aromatic nitrogens is 2. The Morgan fingerprint density at radius 2 is 1.31 bits per heavy atom. The Kier molecular flexibility index (Phi) is 3.69. The predicted molar refractivity (Wildman–Crippen MR) is 146 cm³/mol. The second kappa shape index (κ2) is 6.91. The third-order valence-corrected chi connectivity index (χ3v) is 7.38. The fourth-order valence-corrected chi connectivity index (χ4v) is 5.89. The summed E-state index contributed by atoms with van der Waals surface area (Å²) in [4.78, 5) is 4.98. The molecule has 8 rings (SSSR count). The molecule has 1 aliphatic rings. The summed E-state index contributed by atoms with van der Waals surface area (Å²) in [6.45, 7) is 0. The Bertz CT molecular complexity index is 1920. The zero-order chi connectivity index (χ0) is 22.9. The van der Waals surface area contributed by atoms with Crippen LogP contribution >= 0.6 is 0 Å². The molecule has 7 aromatic rings. The van der Waals surface area contributed by atoms with Crippen molar-refractivity contribution in [3.63, 3.8) is 0 Å². The minimum atomic E-state index is 0.937. The largest absolute Gasteiger partial charge is 0.293 e. The van der Waals surface area contributed by atoms with Crippen LogP contribution in [0.4, 0.5) is 0 Å². The molecule has 0 saturated heterocycles. The minimum absolute atomic E-state index is 0.937. The van der Waals surface area contributed by atoms with E-state index >= 15 is 0 Å². The van der Waals surface area contributed by atoms with E-state index in [-0.39, 0.29) is 0 Å². The monoisotopic (exact) mass is 444 g/mol. The van der Waals surface area contributed by atoms with Crippen LogP contribution in [-0.2, 0) is 0 Å². The molecule has 0 atom stereocenters. The third-order valence-electron chi connectivity index (χ3n) is 7.38. The smallest absolute Gasteiger partial charge is 0.137 e. The molecule has 5 aromatic carbocycles. The fraction of sp³-hybridized carbons (Fsp3) is 0. The molecule has 2 nitrogen and oxygen atoms in total. The summed E-state index contributed by atoms with van der Waals surface area (Å²) in [5.41, 5.74) is 9.94. The molecule has 0 aliphatic heterocycles. The Morgan fingerprint density at radius 3 is 2.14 bits per heavy atom. The lowest BCUT2D eigenvalue weighted by Crippen LogP contribution is -1.98. The number of para-hydroxylation sites is 1. The van der Waals surface area contributed by atoms with E-state index in [9.17, 15) is 0 Å². The lowest BCUT2D eigenvalue weighted by atomic mass is 10.0. The Hall–Kier alpha value is -4.69. The molecule has 0 spiro atoms. The number of benzene rings is 5. The number of rotatable bonds is 2. The molecule has 1 aliphatic carbocycles. The number of hydrogen-bond acceptors (Lipinski definition) is 1. The SMILES string of the molecule is c1ccc(-c2ccc(-n3c4ccccc4c4ccc5c(c43)-c3cccc4cccc-5c34)nc2)cc1. The van der Waals surface area contributed by atoms with E-state index in [0.29, 0.717) is 0 Å². The zero-order valence-electron chi connectivity index (χ0n) is 18.9. The molecule has 162 valence electrons. The first-order valence-electron chi connectivity index (χ1n) is 12.0. The number of hydrogen-bond donors (Lipinski definition) is 0. The van der Waals surface area contributed by atoms with Gasteiger partial charge in [0.15, 0.2) is 0 Å². The second-order valence-corrected chi connectivity index (χ2v) is 9.22. The van der Waals surface area contributed by atoms with Crippen molar-refractivity contribution < 1.29 is 0 Å². The summed E-state index contributed by atoms with van der Waals surface area (Å²) < 4.78 is 2.35. The third kappa shape index (κ3) is 2.51. The van der Waals surface area contributed by atoms with E-state index in [1.165, 1.54) is 60.4 Å². The molecule has 2 heteroatoms. The van der Waals surface area contributed by atoms with Gasteiger partial charge in [0.05, 0.1) is 11.0 Å². The average Bonchev–Trinajstić information content (AvgIpc) is 3.44. The molecule has 0 fully saturated rings. The Labute approximate surface area is 202 Å². The van der Waals surface area contributed by atoms with Crippen LogP contribution in [0.15, 0.2) is 121 Å². The fourth-order valence-electron chi connectivity index (χ4n) is 5.89. The standard InChI is InChI=1S/C33H20N2/c1-2-8-21(9-3-1)23-16-19-30(34-20-23)35-29-15-5-4-12-24(29)27-18-17-26-25-13-6-10-22-11-7-14-28(31(22)25)32(26)33(27)35/h1-20H. The van der Waals surface area contributed by atoms with Crippen LogP contribution in [0.25, 0.3) is 71.8 Å². The number of fused-ring (bicyclic) bond motifs is 7. The molecular weight excluding hydrogens is 424 g/mol. The minimum Gasteiger partial charge on any atom is -0.293 e. The summed E-state index contributed by atoms with van der Waals surface area (Å²) in [5.74, 6) is 0.937. The van der Waals surface area contributed by atoms with Gasteiger partial charge < -0.3 is 0 Å². The van der Waals surface area contributed by atoms with Crippen molar-refractivity contribution >= 4 is 32.6 Å². The van der Waals surface area contributed by atoms with Crippen molar-refractivity contribution in [2.45, 2.75) is 0 Å². The zero-order valence-corrected chi connectivity index (χ0v) is 18.9. The lowest BCUT2D eigenvalue weighted by Gasteiger charge is -2.12. The quantitative estimate of drug-likeness (QED) is 0.261. The van der Waals surface area contributed by atoms with Crippen molar-refractivity contribution in [2.75, 3.05) is 0 Å². The van der Waals surface area contributed by atoms with Gasteiger partial charge in [-0.1, -0.05) is 97.1 Å². The van der Waals surface area contributed by atoms with Gasteiger partial charge in [0.2, 0.25) is 0 Å². The number of pyridine rings is 1. The first-order chi connectivity index (χ1) is 17.4. The van der Waals surface area contributed by atoms with E-state index in [2.05, 4.69) is 114 Å². The Morgan fingerprint density at radius 1 is 0.514 bits per heavy atom. The van der Waals surface area contributed by atoms with Crippen molar-refractivity contribution in [2.24, 2.45) is 0 Å². The molecule has 0 amide bonds. The molecule has 0 radical (unpaired) electrons. The van der Waals surface area contributed by atoms with Gasteiger partial charge >= 0.3 is 0 Å². The van der Waals surface area contributed by atoms with Gasteiger partial charge in [0, 0.05) is 28.1 Å². The van der Waals surface area contributed by atoms with Gasteiger partial charge in [0.25, 0.3) is 0 Å². The summed E-state index contributed by atoms with van der Waals surface area (Å²) in [5, 5.41) is 5.15. The maximum absolute atomic E-state index is 4.98. The van der Waals surface area contributed by atoms with Crippen molar-refractivity contribution in [3.05, 3.63) is 121 Å². The molecule has 2 aromatic heterocycles. The lowest BCUT2D eigenvalue weighted by molar-refractivity contribution is 1.08. The topological polar surface area (TPSA) is 17.8 Å². The highest BCUT2D eigenvalue weighted by Crippen LogP contribution is 2.51. The highest BCUT2D eigenvalue weighted by molar-refractivity contribution is 6.24. The van der Waals surface area contributed by atoms with Crippen molar-refractivity contribution in [1.29, 1.82) is 0 Å². The summed E-state index contributed by atoms with van der Waals surface area (Å²) in [7, 11) is 0. The van der Waals surface area contributed by atoms with E-state index in [4.69, 9.17) is 4.98 Å². The number of nitrogens with zero attached hydrogens (tertiary/aromatic N) is 2. The highest BCUT2D eigenvalue weighted by Gasteiger charge is 2.26. The Balaban J connectivity index is 1.47. The van der Waals surface area contributed by atoms with Crippen LogP contribution in [0.2, 0.25) is 0 Å². The maximum atomic E-state index is 4.98. The second-order valence-electron chi connectivity index (χ2n) is 9.22. The first kappa shape index (κ1) is 18.7. The summed E-state index contributed by atoms with van der Waals surface area (Å²) >= 11 is 0. The molecule has 0 bridgehead atoms. The van der Waals surface area contributed by atoms with Gasteiger partial charge in [-0.25, -0.2) is 4.98 Å². The maximum Gasteiger partial charge on any atom is 0.137 e. The van der Waals surface area contributed by atoms with Crippen LogP contribution in [-0.4, -0.2) is 9.55 Å². The predicted octanol–water partition coefficient (Wildman–Crippen LogP) is 8.65.